The van der Waals surface area contributed by atoms with E-state index in [2.05, 4.69) is 46.4 Å². The molecule has 0 aliphatic heterocycles. The highest BCUT2D eigenvalue weighted by molar-refractivity contribution is 5.84. The molecule has 0 fully saturated rings. The predicted molar refractivity (Wildman–Crippen MR) is 59.3 cm³/mol. The van der Waals surface area contributed by atoms with Crippen LogP contribution in [0.25, 0.3) is 0 Å². The largest absolute Gasteiger partial charge is 0.358 e. The van der Waals surface area contributed by atoms with Gasteiger partial charge in [0.25, 0.3) is 0 Å². The van der Waals surface area contributed by atoms with Crippen molar-refractivity contribution in [1.29, 1.82) is 5.41 Å². The lowest BCUT2D eigenvalue weighted by atomic mass is 9.93. The molecule has 0 aromatic carbocycles. The fourth-order valence-corrected chi connectivity index (χ4v) is 1.30. The van der Waals surface area contributed by atoms with Crippen LogP contribution in [0.2, 0.25) is 0 Å². The van der Waals surface area contributed by atoms with E-state index in [0.29, 0.717) is 6.04 Å². The minimum atomic E-state index is -0.0283. The summed E-state index contributed by atoms with van der Waals surface area (Å²) < 4.78 is 0. The van der Waals surface area contributed by atoms with Crippen molar-refractivity contribution in [3.05, 3.63) is 0 Å². The van der Waals surface area contributed by atoms with Crippen molar-refractivity contribution in [2.45, 2.75) is 54.0 Å². The molecule has 0 rings (SSSR count). The monoisotopic (exact) mass is 184 g/mol. The van der Waals surface area contributed by atoms with Gasteiger partial charge < -0.3 is 4.90 Å². The summed E-state index contributed by atoms with van der Waals surface area (Å²) in [6.45, 7) is 13.7. The van der Waals surface area contributed by atoms with Crippen molar-refractivity contribution in [3.8, 4) is 0 Å². The van der Waals surface area contributed by atoms with Crippen LogP contribution in [0.3, 0.4) is 0 Å². The molecule has 78 valence electrons. The molecule has 0 unspecified atom stereocenters. The van der Waals surface area contributed by atoms with E-state index in [1.165, 1.54) is 0 Å². The molecular formula is C11H24N2. The quantitative estimate of drug-likeness (QED) is 0.529. The van der Waals surface area contributed by atoms with Gasteiger partial charge in [-0.15, -0.1) is 0 Å². The Morgan fingerprint density at radius 3 is 2.00 bits per heavy atom. The first-order valence-electron chi connectivity index (χ1n) is 5.16. The summed E-state index contributed by atoms with van der Waals surface area (Å²) in [5, 5.41) is 8.06. The van der Waals surface area contributed by atoms with Gasteiger partial charge in [0, 0.05) is 18.0 Å². The molecule has 1 N–H and O–H groups in total. The van der Waals surface area contributed by atoms with Crippen molar-refractivity contribution >= 4 is 5.84 Å². The summed E-state index contributed by atoms with van der Waals surface area (Å²) in [6, 6.07) is 0.437. The van der Waals surface area contributed by atoms with Gasteiger partial charge >= 0.3 is 0 Å². The van der Waals surface area contributed by atoms with E-state index >= 15 is 0 Å². The molecule has 0 amide bonds. The second-order valence-electron chi connectivity index (χ2n) is 4.89. The average molecular weight is 184 g/mol. The van der Waals surface area contributed by atoms with Crippen LogP contribution in [0.4, 0.5) is 0 Å². The Kier molecular flexibility index (Phi) is 4.45. The topological polar surface area (TPSA) is 27.1 Å². The van der Waals surface area contributed by atoms with Crippen molar-refractivity contribution in [3.63, 3.8) is 0 Å². The SMILES string of the molecule is CCCN(C(=N)C(C)(C)C)C(C)C. The number of hydrogen-bond donors (Lipinski definition) is 1. The number of nitrogens with one attached hydrogen (secondary N) is 1. The van der Waals surface area contributed by atoms with Crippen LogP contribution in [0, 0.1) is 10.8 Å². The number of nitrogens with zero attached hydrogens (tertiary/aromatic N) is 1. The minimum Gasteiger partial charge on any atom is -0.358 e. The van der Waals surface area contributed by atoms with Crippen molar-refractivity contribution in [1.82, 2.24) is 4.90 Å². The highest BCUT2D eigenvalue weighted by Gasteiger charge is 2.24. The molecule has 0 aromatic heterocycles. The van der Waals surface area contributed by atoms with Crippen LogP contribution in [0.15, 0.2) is 0 Å². The zero-order chi connectivity index (χ0) is 10.6. The molecule has 0 aliphatic carbocycles. The lowest BCUT2D eigenvalue weighted by molar-refractivity contribution is 0.311. The van der Waals surface area contributed by atoms with Gasteiger partial charge in [-0.3, -0.25) is 5.41 Å². The van der Waals surface area contributed by atoms with E-state index < -0.39 is 0 Å². The summed E-state index contributed by atoms with van der Waals surface area (Å²) in [5.74, 6) is 0.754. The van der Waals surface area contributed by atoms with E-state index in [9.17, 15) is 0 Å². The Labute approximate surface area is 82.8 Å². The molecule has 0 atom stereocenters. The van der Waals surface area contributed by atoms with Crippen LogP contribution in [-0.4, -0.2) is 23.3 Å². The number of amidine groups is 1. The minimum absolute atomic E-state index is 0.0283. The molecule has 0 radical (unpaired) electrons. The van der Waals surface area contributed by atoms with Crippen LogP contribution in [0.5, 0.6) is 0 Å². The Bertz CT molecular complexity index is 165. The molecule has 0 aromatic rings. The van der Waals surface area contributed by atoms with Gasteiger partial charge in [-0.25, -0.2) is 0 Å². The lowest BCUT2D eigenvalue weighted by Crippen LogP contribution is -2.43. The molecule has 0 saturated heterocycles. The zero-order valence-electron chi connectivity index (χ0n) is 9.94. The predicted octanol–water partition coefficient (Wildman–Crippen LogP) is 3.13. The molecular weight excluding hydrogens is 160 g/mol. The summed E-state index contributed by atoms with van der Waals surface area (Å²) in [6.07, 6.45) is 1.11. The second kappa shape index (κ2) is 4.64. The first-order valence-corrected chi connectivity index (χ1v) is 5.16. The highest BCUT2D eigenvalue weighted by atomic mass is 15.2. The van der Waals surface area contributed by atoms with Crippen LogP contribution < -0.4 is 0 Å². The molecule has 0 heterocycles. The lowest BCUT2D eigenvalue weighted by Gasteiger charge is -2.35. The maximum absolute atomic E-state index is 8.06. The Morgan fingerprint density at radius 2 is 1.77 bits per heavy atom. The normalized spacial score (nSPS) is 11.9. The van der Waals surface area contributed by atoms with Gasteiger partial charge in [0.05, 0.1) is 0 Å². The first-order chi connectivity index (χ1) is 5.80. The van der Waals surface area contributed by atoms with E-state index in [4.69, 9.17) is 5.41 Å². The Balaban J connectivity index is 4.47. The van der Waals surface area contributed by atoms with E-state index in [1.807, 2.05) is 0 Å². The third-order valence-electron chi connectivity index (χ3n) is 2.09. The van der Waals surface area contributed by atoms with Crippen LogP contribution in [0.1, 0.15) is 48.0 Å². The third-order valence-corrected chi connectivity index (χ3v) is 2.09. The molecule has 0 bridgehead atoms. The van der Waals surface area contributed by atoms with E-state index in [0.717, 1.165) is 18.8 Å². The Hall–Kier alpha value is -0.530. The zero-order valence-corrected chi connectivity index (χ0v) is 9.94. The maximum atomic E-state index is 8.06. The second-order valence-corrected chi connectivity index (χ2v) is 4.89. The van der Waals surface area contributed by atoms with Crippen LogP contribution >= 0.6 is 0 Å². The van der Waals surface area contributed by atoms with Crippen molar-refractivity contribution < 1.29 is 0 Å². The third kappa shape index (κ3) is 3.79. The smallest absolute Gasteiger partial charge is 0.101 e. The maximum Gasteiger partial charge on any atom is 0.101 e. The summed E-state index contributed by atoms with van der Waals surface area (Å²) in [4.78, 5) is 2.18. The molecule has 0 saturated carbocycles. The van der Waals surface area contributed by atoms with Gasteiger partial charge in [-0.2, -0.15) is 0 Å². The van der Waals surface area contributed by atoms with Crippen molar-refractivity contribution in [2.24, 2.45) is 5.41 Å². The fourth-order valence-electron chi connectivity index (χ4n) is 1.30. The van der Waals surface area contributed by atoms with Gasteiger partial charge in [0.1, 0.15) is 5.84 Å². The standard InChI is InChI=1S/C11H24N2/c1-7-8-13(9(2)3)10(12)11(4,5)6/h9,12H,7-8H2,1-6H3. The Morgan fingerprint density at radius 1 is 1.31 bits per heavy atom. The molecule has 0 aliphatic rings. The average Bonchev–Trinajstić information content (AvgIpc) is 1.96. The first kappa shape index (κ1) is 12.5. The molecule has 0 spiro atoms. The van der Waals surface area contributed by atoms with Gasteiger partial charge in [0.2, 0.25) is 0 Å². The fraction of sp³-hybridized carbons (Fsp3) is 0.909. The number of hydrogen-bond acceptors (Lipinski definition) is 1. The van der Waals surface area contributed by atoms with Crippen molar-refractivity contribution in [2.75, 3.05) is 6.54 Å². The molecule has 2 heteroatoms. The van der Waals surface area contributed by atoms with Gasteiger partial charge in [-0.1, -0.05) is 27.7 Å². The van der Waals surface area contributed by atoms with Crippen LogP contribution in [-0.2, 0) is 0 Å². The van der Waals surface area contributed by atoms with Gasteiger partial charge in [0.15, 0.2) is 0 Å². The van der Waals surface area contributed by atoms with E-state index in [-0.39, 0.29) is 5.41 Å². The molecule has 13 heavy (non-hydrogen) atoms. The highest BCUT2D eigenvalue weighted by Crippen LogP contribution is 2.19. The summed E-state index contributed by atoms with van der Waals surface area (Å²) in [5.41, 5.74) is -0.0283. The number of rotatable bonds is 3. The summed E-state index contributed by atoms with van der Waals surface area (Å²) >= 11 is 0. The molecule has 2 nitrogen and oxygen atoms in total. The van der Waals surface area contributed by atoms with E-state index in [1.54, 1.807) is 0 Å². The summed E-state index contributed by atoms with van der Waals surface area (Å²) in [7, 11) is 0. The van der Waals surface area contributed by atoms with Gasteiger partial charge in [-0.05, 0) is 20.3 Å².